The van der Waals surface area contributed by atoms with Gasteiger partial charge in [0.15, 0.2) is 0 Å². The maximum absolute atomic E-state index is 5.72. The molecule has 1 atom stereocenters. The normalized spacial score (nSPS) is 18.6. The molecule has 0 aliphatic heterocycles. The topological polar surface area (TPSA) is 38.0 Å². The zero-order chi connectivity index (χ0) is 13.8. The molecule has 1 rings (SSSR count). The molecular weight excluding hydrogens is 232 g/mol. The fourth-order valence-electron chi connectivity index (χ4n) is 3.44. The standard InChI is InChI=1S/C17H36N2/c1-2-3-4-5-6-7-11-14-17(19-18)15-16-12-9-8-10-13-16/h16-17,19H,2-15,18H2,1H3. The first kappa shape index (κ1) is 17.0. The first-order valence-electron chi connectivity index (χ1n) is 8.83. The Kier molecular flexibility index (Phi) is 10.5. The van der Waals surface area contributed by atoms with E-state index >= 15 is 0 Å². The maximum atomic E-state index is 5.72. The van der Waals surface area contributed by atoms with Crippen molar-refractivity contribution >= 4 is 0 Å². The Labute approximate surface area is 120 Å². The van der Waals surface area contributed by atoms with Gasteiger partial charge in [-0.25, -0.2) is 0 Å². The Morgan fingerprint density at radius 3 is 2.21 bits per heavy atom. The van der Waals surface area contributed by atoms with Gasteiger partial charge in [0.2, 0.25) is 0 Å². The first-order chi connectivity index (χ1) is 9.36. The van der Waals surface area contributed by atoms with E-state index in [0.717, 1.165) is 5.92 Å². The number of hydrogen-bond donors (Lipinski definition) is 2. The van der Waals surface area contributed by atoms with Crippen LogP contribution in [0.5, 0.6) is 0 Å². The molecule has 3 N–H and O–H groups in total. The minimum absolute atomic E-state index is 0.568. The minimum atomic E-state index is 0.568. The Hall–Kier alpha value is -0.0800. The molecule has 0 spiro atoms. The zero-order valence-electron chi connectivity index (χ0n) is 13.1. The summed E-state index contributed by atoms with van der Waals surface area (Å²) in [7, 11) is 0. The van der Waals surface area contributed by atoms with Crippen LogP contribution in [0, 0.1) is 5.92 Å². The van der Waals surface area contributed by atoms with Crippen molar-refractivity contribution in [3.05, 3.63) is 0 Å². The lowest BCUT2D eigenvalue weighted by molar-refractivity contribution is 0.288. The molecule has 0 aromatic rings. The van der Waals surface area contributed by atoms with Crippen molar-refractivity contribution in [2.24, 2.45) is 11.8 Å². The van der Waals surface area contributed by atoms with E-state index < -0.39 is 0 Å². The van der Waals surface area contributed by atoms with Crippen LogP contribution in [-0.4, -0.2) is 6.04 Å². The van der Waals surface area contributed by atoms with Crippen LogP contribution < -0.4 is 11.3 Å². The molecule has 114 valence electrons. The second-order valence-corrected chi connectivity index (χ2v) is 6.51. The van der Waals surface area contributed by atoms with E-state index in [1.54, 1.807) is 0 Å². The van der Waals surface area contributed by atoms with E-state index in [1.165, 1.54) is 89.9 Å². The van der Waals surface area contributed by atoms with Crippen molar-refractivity contribution in [3.63, 3.8) is 0 Å². The number of hydrazine groups is 1. The van der Waals surface area contributed by atoms with Crippen molar-refractivity contribution in [1.29, 1.82) is 0 Å². The van der Waals surface area contributed by atoms with Gasteiger partial charge in [-0.05, 0) is 18.8 Å². The van der Waals surface area contributed by atoms with E-state index in [0.29, 0.717) is 6.04 Å². The van der Waals surface area contributed by atoms with Crippen LogP contribution in [0.3, 0.4) is 0 Å². The van der Waals surface area contributed by atoms with Crippen molar-refractivity contribution in [2.45, 2.75) is 103 Å². The van der Waals surface area contributed by atoms with Crippen LogP contribution >= 0.6 is 0 Å². The lowest BCUT2D eigenvalue weighted by Crippen LogP contribution is -2.36. The predicted molar refractivity (Wildman–Crippen MR) is 84.9 cm³/mol. The molecule has 0 bridgehead atoms. The van der Waals surface area contributed by atoms with Gasteiger partial charge >= 0.3 is 0 Å². The zero-order valence-corrected chi connectivity index (χ0v) is 13.1. The summed E-state index contributed by atoms with van der Waals surface area (Å²) in [4.78, 5) is 0. The van der Waals surface area contributed by atoms with Crippen LogP contribution in [0.1, 0.15) is 96.8 Å². The Bertz CT molecular complexity index is 188. The summed E-state index contributed by atoms with van der Waals surface area (Å²) < 4.78 is 0. The van der Waals surface area contributed by atoms with Gasteiger partial charge in [-0.1, -0.05) is 84.0 Å². The summed E-state index contributed by atoms with van der Waals surface area (Å²) >= 11 is 0. The highest BCUT2D eigenvalue weighted by molar-refractivity contribution is 4.73. The van der Waals surface area contributed by atoms with E-state index in [9.17, 15) is 0 Å². The van der Waals surface area contributed by atoms with E-state index in [-0.39, 0.29) is 0 Å². The van der Waals surface area contributed by atoms with Gasteiger partial charge in [-0.15, -0.1) is 0 Å². The summed E-state index contributed by atoms with van der Waals surface area (Å²) in [5.74, 6) is 6.66. The average Bonchev–Trinajstić information content (AvgIpc) is 2.46. The van der Waals surface area contributed by atoms with Crippen molar-refractivity contribution < 1.29 is 0 Å². The van der Waals surface area contributed by atoms with E-state index in [1.807, 2.05) is 0 Å². The molecule has 0 amide bonds. The molecule has 2 nitrogen and oxygen atoms in total. The lowest BCUT2D eigenvalue weighted by Gasteiger charge is -2.26. The third-order valence-corrected chi connectivity index (χ3v) is 4.73. The molecule has 19 heavy (non-hydrogen) atoms. The number of nitrogens with two attached hydrogens (primary N) is 1. The van der Waals surface area contributed by atoms with Gasteiger partial charge in [-0.2, -0.15) is 0 Å². The molecule has 1 saturated carbocycles. The molecule has 1 aliphatic rings. The Morgan fingerprint density at radius 1 is 0.947 bits per heavy atom. The number of nitrogens with one attached hydrogen (secondary N) is 1. The van der Waals surface area contributed by atoms with Gasteiger partial charge in [-0.3, -0.25) is 11.3 Å². The van der Waals surface area contributed by atoms with Crippen LogP contribution in [0.4, 0.5) is 0 Å². The van der Waals surface area contributed by atoms with Crippen molar-refractivity contribution in [3.8, 4) is 0 Å². The van der Waals surface area contributed by atoms with Crippen LogP contribution in [-0.2, 0) is 0 Å². The average molecular weight is 268 g/mol. The van der Waals surface area contributed by atoms with E-state index in [4.69, 9.17) is 5.84 Å². The first-order valence-corrected chi connectivity index (χ1v) is 8.83. The summed E-state index contributed by atoms with van der Waals surface area (Å²) in [5, 5.41) is 0. The third kappa shape index (κ3) is 8.65. The summed E-state index contributed by atoms with van der Waals surface area (Å²) in [6.07, 6.45) is 19.6. The number of unbranched alkanes of at least 4 members (excludes halogenated alkanes) is 6. The summed E-state index contributed by atoms with van der Waals surface area (Å²) in [5.41, 5.74) is 3.06. The fourth-order valence-corrected chi connectivity index (χ4v) is 3.44. The molecule has 0 saturated heterocycles. The summed E-state index contributed by atoms with van der Waals surface area (Å²) in [6.45, 7) is 2.28. The monoisotopic (exact) mass is 268 g/mol. The SMILES string of the molecule is CCCCCCCCCC(CC1CCCCC1)NN. The van der Waals surface area contributed by atoms with Gasteiger partial charge < -0.3 is 0 Å². The van der Waals surface area contributed by atoms with Gasteiger partial charge in [0.25, 0.3) is 0 Å². The van der Waals surface area contributed by atoms with Crippen LogP contribution in [0.25, 0.3) is 0 Å². The molecule has 0 heterocycles. The summed E-state index contributed by atoms with van der Waals surface area (Å²) in [6, 6.07) is 0.568. The number of rotatable bonds is 11. The molecular formula is C17H36N2. The molecule has 0 aromatic carbocycles. The quantitative estimate of drug-likeness (QED) is 0.317. The highest BCUT2D eigenvalue weighted by Gasteiger charge is 2.17. The predicted octanol–water partition coefficient (Wildman–Crippen LogP) is 4.93. The molecule has 0 radical (unpaired) electrons. The lowest BCUT2D eigenvalue weighted by atomic mass is 9.84. The molecule has 1 fully saturated rings. The fraction of sp³-hybridized carbons (Fsp3) is 1.00. The van der Waals surface area contributed by atoms with Crippen LogP contribution in [0.2, 0.25) is 0 Å². The number of hydrogen-bond acceptors (Lipinski definition) is 2. The highest BCUT2D eigenvalue weighted by Crippen LogP contribution is 2.28. The van der Waals surface area contributed by atoms with Crippen LogP contribution in [0.15, 0.2) is 0 Å². The largest absolute Gasteiger partial charge is 0.271 e. The molecule has 0 aromatic heterocycles. The van der Waals surface area contributed by atoms with Gasteiger partial charge in [0, 0.05) is 6.04 Å². The molecule has 1 aliphatic carbocycles. The van der Waals surface area contributed by atoms with Gasteiger partial charge in [0.1, 0.15) is 0 Å². The minimum Gasteiger partial charge on any atom is -0.271 e. The second-order valence-electron chi connectivity index (χ2n) is 6.51. The van der Waals surface area contributed by atoms with Crippen molar-refractivity contribution in [2.75, 3.05) is 0 Å². The Balaban J connectivity index is 1.98. The molecule has 2 heteroatoms. The van der Waals surface area contributed by atoms with Crippen molar-refractivity contribution in [1.82, 2.24) is 5.43 Å². The molecule has 1 unspecified atom stereocenters. The second kappa shape index (κ2) is 11.7. The van der Waals surface area contributed by atoms with E-state index in [2.05, 4.69) is 12.3 Å². The van der Waals surface area contributed by atoms with Gasteiger partial charge in [0.05, 0.1) is 0 Å². The highest BCUT2D eigenvalue weighted by atomic mass is 15.2. The maximum Gasteiger partial charge on any atom is 0.0213 e. The smallest absolute Gasteiger partial charge is 0.0213 e. The Morgan fingerprint density at radius 2 is 1.58 bits per heavy atom. The third-order valence-electron chi connectivity index (χ3n) is 4.73.